The molecular weight excluding hydrogens is 999 g/mol. The molecule has 0 amide bonds. The second kappa shape index (κ2) is 26.2. The highest BCUT2D eigenvalue weighted by atomic mass is 79.9. The maximum atomic E-state index is 13.3. The van der Waals surface area contributed by atoms with E-state index in [0.717, 1.165) is 43.7 Å². The summed E-state index contributed by atoms with van der Waals surface area (Å²) in [5.41, 5.74) is 15.5. The fourth-order valence-corrected chi connectivity index (χ4v) is 8.88. The van der Waals surface area contributed by atoms with Gasteiger partial charge in [0.2, 0.25) is 0 Å². The van der Waals surface area contributed by atoms with E-state index >= 15 is 0 Å². The number of pyridine rings is 2. The molecule has 5 aromatic rings. The van der Waals surface area contributed by atoms with Gasteiger partial charge in [0.1, 0.15) is 11.1 Å². The Balaban J connectivity index is 0.000000293. The van der Waals surface area contributed by atoms with Crippen LogP contribution in [0.2, 0.25) is 0 Å². The van der Waals surface area contributed by atoms with Gasteiger partial charge in [-0.1, -0.05) is 163 Å². The second-order valence-electron chi connectivity index (χ2n) is 23.2. The van der Waals surface area contributed by atoms with Crippen molar-refractivity contribution in [3.8, 4) is 22.5 Å². The van der Waals surface area contributed by atoms with Crippen LogP contribution in [0.3, 0.4) is 0 Å². The number of ether oxygens (including phenoxy) is 3. The molecule has 0 spiro atoms. The zero-order chi connectivity index (χ0) is 55.2. The Bertz CT molecular complexity index is 2540. The molecule has 0 aliphatic heterocycles. The fraction of sp³-hybridized carbons (Fsp3) is 0.467. The lowest BCUT2D eigenvalue weighted by Gasteiger charge is -2.38. The van der Waals surface area contributed by atoms with E-state index in [0.29, 0.717) is 24.3 Å². The van der Waals surface area contributed by atoms with Crippen molar-refractivity contribution in [1.29, 1.82) is 0 Å². The van der Waals surface area contributed by atoms with Gasteiger partial charge in [0.25, 0.3) is 0 Å². The average Bonchev–Trinajstić information content (AvgIpc) is 3.27. The predicted octanol–water partition coefficient (Wildman–Crippen LogP) is 13.5. The summed E-state index contributed by atoms with van der Waals surface area (Å²) < 4.78 is 17.4. The van der Waals surface area contributed by atoms with Gasteiger partial charge in [0.05, 0.1) is 34.7 Å². The van der Waals surface area contributed by atoms with Gasteiger partial charge in [-0.15, -0.1) is 0 Å². The Morgan fingerprint density at radius 2 is 0.849 bits per heavy atom. The minimum atomic E-state index is -1.18. The summed E-state index contributed by atoms with van der Waals surface area (Å²) in [5.74, 6) is -1.07. The van der Waals surface area contributed by atoms with Crippen LogP contribution in [0.5, 0.6) is 0 Å². The lowest BCUT2D eigenvalue weighted by molar-refractivity contribution is -0.157. The number of carbonyl (C=O) groups excluding carboxylic acids is 3. The number of nitrogens with one attached hydrogen (secondary N) is 1. The van der Waals surface area contributed by atoms with E-state index in [4.69, 9.17) is 37.9 Å². The third kappa shape index (κ3) is 19.5. The van der Waals surface area contributed by atoms with E-state index < -0.39 is 16.6 Å². The van der Waals surface area contributed by atoms with Crippen molar-refractivity contribution < 1.29 is 28.6 Å². The molecule has 0 bridgehead atoms. The van der Waals surface area contributed by atoms with Gasteiger partial charge in [0, 0.05) is 28.0 Å². The summed E-state index contributed by atoms with van der Waals surface area (Å²) in [6, 6.07) is 34.7. The number of benzene rings is 3. The summed E-state index contributed by atoms with van der Waals surface area (Å²) in [6.07, 6.45) is 4.49. The first-order valence-corrected chi connectivity index (χ1v) is 26.2. The Morgan fingerprint density at radius 1 is 0.521 bits per heavy atom. The quantitative estimate of drug-likeness (QED) is 0.0516. The number of esters is 3. The largest absolute Gasteiger partial charge is 0.461 e. The summed E-state index contributed by atoms with van der Waals surface area (Å²) in [5, 5.41) is 3.27. The van der Waals surface area contributed by atoms with Crippen molar-refractivity contribution >= 4 is 51.0 Å². The molecule has 0 saturated heterocycles. The number of carbonyl (C=O) groups is 3. The molecule has 0 aliphatic carbocycles. The number of halogens is 1. The maximum absolute atomic E-state index is 13.3. The summed E-state index contributed by atoms with van der Waals surface area (Å²) in [6.45, 7) is 31.5. The van der Waals surface area contributed by atoms with E-state index in [-0.39, 0.29) is 52.5 Å². The average molecular weight is 1080 g/mol. The molecule has 73 heavy (non-hydrogen) atoms. The van der Waals surface area contributed by atoms with Gasteiger partial charge in [0.15, 0.2) is 5.54 Å². The van der Waals surface area contributed by atoms with Crippen LogP contribution < -0.4 is 16.8 Å². The number of nitrogens with two attached hydrogens (primary N) is 2. The first-order valence-electron chi connectivity index (χ1n) is 25.0. The van der Waals surface area contributed by atoms with Crippen LogP contribution in [0.15, 0.2) is 126 Å². The molecular formula is C60H82BrN5O6S. The van der Waals surface area contributed by atoms with Crippen molar-refractivity contribution in [3.05, 3.63) is 143 Å². The number of hydrogen-bond acceptors (Lipinski definition) is 11. The molecule has 3 aromatic carbocycles. The standard InChI is InChI=1S/C23H30N2O2S.C21H28N2O2.C16H24BrNO2/c1-16(2)27-21(26)23(25-17(3)28,15-22(4,5)6)19-12-10-18(11-13-19)20-9-7-8-14-24-20;1-15(2)25-19(24)21(22,14-20(3,4)5)17-11-9-16(10-12-17)18-8-6-7-13-23-18;1-11(2)20-14(19)16(18,10-15(3,4)5)12-6-8-13(17)9-7-12/h7-14,16H,15H2,1-6H3,(H,25,28);6-13,15H,14,22H2,1-5H3;6-9,11H,10,18H2,1-5H3/t23-;21-;16-/m111/s1. The van der Waals surface area contributed by atoms with E-state index in [1.165, 1.54) is 0 Å². The number of thiocarbonyl (C=S) groups is 1. The molecule has 0 aliphatic rings. The molecule has 0 saturated carbocycles. The Kier molecular flexibility index (Phi) is 22.3. The minimum Gasteiger partial charge on any atom is -0.461 e. The molecule has 396 valence electrons. The normalized spacial score (nSPS) is 14.2. The molecule has 5 rings (SSSR count). The summed E-state index contributed by atoms with van der Waals surface area (Å²) in [7, 11) is 0. The van der Waals surface area contributed by atoms with Crippen LogP contribution in [-0.2, 0) is 45.2 Å². The van der Waals surface area contributed by atoms with Crippen LogP contribution in [0.25, 0.3) is 22.5 Å². The van der Waals surface area contributed by atoms with E-state index in [2.05, 4.69) is 93.5 Å². The van der Waals surface area contributed by atoms with Crippen molar-refractivity contribution in [3.63, 3.8) is 0 Å². The predicted molar refractivity (Wildman–Crippen MR) is 304 cm³/mol. The SMILES string of the molecule is CC(=S)N[C@@](CC(C)(C)C)(C(=O)OC(C)C)c1ccc(-c2ccccn2)cc1.CC(C)OC(=O)[C@@](N)(CC(C)(C)C)c1ccc(-c2ccccn2)cc1.CC(C)OC(=O)[C@@](N)(CC(C)(C)C)c1ccc(Br)cc1. The zero-order valence-corrected chi connectivity index (χ0v) is 48.6. The molecule has 2 aromatic heterocycles. The Labute approximate surface area is 450 Å². The first-order chi connectivity index (χ1) is 33.7. The van der Waals surface area contributed by atoms with E-state index in [1.807, 2.05) is 151 Å². The highest BCUT2D eigenvalue weighted by Crippen LogP contribution is 2.39. The fourth-order valence-electron chi connectivity index (χ4n) is 8.44. The molecule has 2 heterocycles. The van der Waals surface area contributed by atoms with Crippen LogP contribution in [0.4, 0.5) is 0 Å². The maximum Gasteiger partial charge on any atom is 0.336 e. The van der Waals surface area contributed by atoms with Gasteiger partial charge in [-0.2, -0.15) is 0 Å². The first kappa shape index (κ1) is 62.0. The number of aromatic nitrogens is 2. The van der Waals surface area contributed by atoms with E-state index in [1.54, 1.807) is 19.3 Å². The lowest BCUT2D eigenvalue weighted by Crippen LogP contribution is -2.54. The molecule has 0 fully saturated rings. The Hall–Kier alpha value is -5.34. The van der Waals surface area contributed by atoms with Crippen LogP contribution in [-0.4, -0.2) is 51.2 Å². The molecule has 11 nitrogen and oxygen atoms in total. The minimum absolute atomic E-state index is 0.0855. The molecule has 5 N–H and O–H groups in total. The lowest BCUT2D eigenvalue weighted by atomic mass is 9.75. The zero-order valence-electron chi connectivity index (χ0n) is 46.2. The highest BCUT2D eigenvalue weighted by Gasteiger charge is 2.46. The number of nitrogens with zero attached hydrogens (tertiary/aromatic N) is 2. The second-order valence-corrected chi connectivity index (χ2v) is 24.7. The molecule has 13 heteroatoms. The third-order valence-electron chi connectivity index (χ3n) is 11.0. The third-order valence-corrected chi connectivity index (χ3v) is 11.6. The molecule has 3 atom stereocenters. The van der Waals surface area contributed by atoms with Gasteiger partial charge in [-0.3, -0.25) is 9.97 Å². The van der Waals surface area contributed by atoms with Gasteiger partial charge >= 0.3 is 17.9 Å². The van der Waals surface area contributed by atoms with E-state index in [9.17, 15) is 14.4 Å². The van der Waals surface area contributed by atoms with Crippen molar-refractivity contribution in [2.45, 2.75) is 165 Å². The van der Waals surface area contributed by atoms with Crippen LogP contribution in [0.1, 0.15) is 147 Å². The number of rotatable bonds is 15. The summed E-state index contributed by atoms with van der Waals surface area (Å²) >= 11 is 8.73. The molecule has 0 unspecified atom stereocenters. The Morgan fingerprint density at radius 3 is 1.15 bits per heavy atom. The summed E-state index contributed by atoms with van der Waals surface area (Å²) in [4.78, 5) is 47.8. The topological polar surface area (TPSA) is 169 Å². The van der Waals surface area contributed by atoms with Crippen molar-refractivity contribution in [2.75, 3.05) is 0 Å². The van der Waals surface area contributed by atoms with Crippen LogP contribution >= 0.6 is 28.1 Å². The monoisotopic (exact) mass is 1080 g/mol. The van der Waals surface area contributed by atoms with Crippen LogP contribution in [0, 0.1) is 16.2 Å². The van der Waals surface area contributed by atoms with Crippen molar-refractivity contribution in [2.24, 2.45) is 27.7 Å². The van der Waals surface area contributed by atoms with Gasteiger partial charge in [-0.05, 0) is 137 Å². The highest BCUT2D eigenvalue weighted by molar-refractivity contribution is 9.10. The van der Waals surface area contributed by atoms with Gasteiger partial charge < -0.3 is 31.0 Å². The molecule has 0 radical (unpaired) electrons. The van der Waals surface area contributed by atoms with Crippen molar-refractivity contribution in [1.82, 2.24) is 15.3 Å². The van der Waals surface area contributed by atoms with Gasteiger partial charge in [-0.25, -0.2) is 14.4 Å². The smallest absolute Gasteiger partial charge is 0.336 e. The number of hydrogen-bond donors (Lipinski definition) is 3.